The third kappa shape index (κ3) is 5.93. The van der Waals surface area contributed by atoms with Gasteiger partial charge in [-0.05, 0) is 38.7 Å². The first-order valence-electron chi connectivity index (χ1n) is 7.55. The molecule has 1 saturated carbocycles. The van der Waals surface area contributed by atoms with Crippen molar-refractivity contribution in [3.63, 3.8) is 0 Å². The van der Waals surface area contributed by atoms with Gasteiger partial charge in [-0.2, -0.15) is 0 Å². The summed E-state index contributed by atoms with van der Waals surface area (Å²) in [5.41, 5.74) is -0.326. The van der Waals surface area contributed by atoms with Gasteiger partial charge in [0.15, 0.2) is 0 Å². The van der Waals surface area contributed by atoms with Gasteiger partial charge in [-0.1, -0.05) is 19.6 Å². The number of carbonyl (C=O) groups excluding carboxylic acids is 1. The number of carbonyl (C=O) groups is 1. The van der Waals surface area contributed by atoms with E-state index in [-0.39, 0.29) is 17.5 Å². The fraction of sp³-hybridized carbons (Fsp3) is 0.933. The van der Waals surface area contributed by atoms with E-state index < -0.39 is 8.07 Å². The van der Waals surface area contributed by atoms with E-state index in [1.807, 2.05) is 6.92 Å². The van der Waals surface area contributed by atoms with E-state index in [1.165, 1.54) is 13.2 Å². The normalized spacial score (nSPS) is 27.4. The molecule has 0 radical (unpaired) electrons. The highest BCUT2D eigenvalue weighted by Crippen LogP contribution is 2.37. The number of hydrogen-bond donors (Lipinski definition) is 0. The van der Waals surface area contributed by atoms with Gasteiger partial charge in [0.1, 0.15) is 6.79 Å². The highest BCUT2D eigenvalue weighted by Gasteiger charge is 2.38. The van der Waals surface area contributed by atoms with Gasteiger partial charge in [-0.3, -0.25) is 4.79 Å². The molecule has 5 heteroatoms. The van der Waals surface area contributed by atoms with Crippen molar-refractivity contribution in [3.05, 3.63) is 0 Å². The Kier molecular flexibility index (Phi) is 6.68. The average molecular weight is 302 g/mol. The van der Waals surface area contributed by atoms with Gasteiger partial charge >= 0.3 is 5.97 Å². The first kappa shape index (κ1) is 17.7. The molecule has 0 heterocycles. The van der Waals surface area contributed by atoms with Crippen LogP contribution in [0.5, 0.6) is 0 Å². The summed E-state index contributed by atoms with van der Waals surface area (Å²) in [6.07, 6.45) is 3.70. The van der Waals surface area contributed by atoms with Crippen molar-refractivity contribution in [2.24, 2.45) is 5.41 Å². The molecule has 1 rings (SSSR count). The molecule has 0 aromatic heterocycles. The van der Waals surface area contributed by atoms with Crippen LogP contribution in [0.25, 0.3) is 0 Å². The standard InChI is InChI=1S/C15H30O4Si/c1-15(14(16)17-2)8-6-13(7-9-15)19-12-18-10-11-20(3,4)5/h13H,6-12H2,1-5H3/t13-,15-. The second-order valence-electron chi connectivity index (χ2n) is 7.26. The van der Waals surface area contributed by atoms with Crippen LogP contribution in [0.3, 0.4) is 0 Å². The van der Waals surface area contributed by atoms with Crippen LogP contribution in [0.15, 0.2) is 0 Å². The number of ether oxygens (including phenoxy) is 3. The summed E-state index contributed by atoms with van der Waals surface area (Å²) in [6, 6.07) is 1.17. The minimum atomic E-state index is -1.01. The van der Waals surface area contributed by atoms with Gasteiger partial charge in [0.2, 0.25) is 0 Å². The molecule has 0 N–H and O–H groups in total. The second-order valence-corrected chi connectivity index (χ2v) is 12.9. The quantitative estimate of drug-likeness (QED) is 0.313. The Labute approximate surface area is 124 Å². The SMILES string of the molecule is COC(=O)[C@]1(C)CC[C@@H](OCOCC[Si](C)(C)C)CC1. The zero-order valence-corrected chi connectivity index (χ0v) is 14.7. The minimum Gasteiger partial charge on any atom is -0.469 e. The summed E-state index contributed by atoms with van der Waals surface area (Å²) in [5.74, 6) is -0.0951. The largest absolute Gasteiger partial charge is 0.469 e. The lowest BCUT2D eigenvalue weighted by Gasteiger charge is -2.34. The van der Waals surface area contributed by atoms with E-state index in [4.69, 9.17) is 14.2 Å². The van der Waals surface area contributed by atoms with Gasteiger partial charge in [0, 0.05) is 14.7 Å². The Morgan fingerprint density at radius 1 is 1.25 bits per heavy atom. The average Bonchev–Trinajstić information content (AvgIpc) is 2.38. The van der Waals surface area contributed by atoms with Gasteiger partial charge in [0.25, 0.3) is 0 Å². The molecule has 1 aliphatic carbocycles. The van der Waals surface area contributed by atoms with Gasteiger partial charge in [-0.15, -0.1) is 0 Å². The van der Waals surface area contributed by atoms with Crippen LogP contribution in [0.1, 0.15) is 32.6 Å². The van der Waals surface area contributed by atoms with Crippen LogP contribution in [0.4, 0.5) is 0 Å². The zero-order chi connectivity index (χ0) is 15.2. The minimum absolute atomic E-state index is 0.0951. The summed E-state index contributed by atoms with van der Waals surface area (Å²) < 4.78 is 16.2. The maximum Gasteiger partial charge on any atom is 0.311 e. The van der Waals surface area contributed by atoms with Crippen LogP contribution in [-0.2, 0) is 19.0 Å². The van der Waals surface area contributed by atoms with Crippen molar-refractivity contribution >= 4 is 14.0 Å². The Morgan fingerprint density at radius 3 is 2.35 bits per heavy atom. The smallest absolute Gasteiger partial charge is 0.311 e. The Morgan fingerprint density at radius 2 is 1.85 bits per heavy atom. The first-order valence-corrected chi connectivity index (χ1v) is 11.3. The van der Waals surface area contributed by atoms with Crippen LogP contribution < -0.4 is 0 Å². The number of rotatable bonds is 7. The topological polar surface area (TPSA) is 44.8 Å². The lowest BCUT2D eigenvalue weighted by atomic mass is 9.75. The van der Waals surface area contributed by atoms with E-state index in [1.54, 1.807) is 0 Å². The molecule has 4 nitrogen and oxygen atoms in total. The third-order valence-corrected chi connectivity index (χ3v) is 5.80. The van der Waals surface area contributed by atoms with E-state index in [0.717, 1.165) is 32.3 Å². The Hall–Kier alpha value is -0.393. The maximum atomic E-state index is 11.7. The van der Waals surface area contributed by atoms with Crippen molar-refractivity contribution in [1.29, 1.82) is 0 Å². The zero-order valence-electron chi connectivity index (χ0n) is 13.7. The molecule has 0 amide bonds. The van der Waals surface area contributed by atoms with E-state index in [9.17, 15) is 4.79 Å². The molecule has 20 heavy (non-hydrogen) atoms. The molecule has 0 unspecified atom stereocenters. The van der Waals surface area contributed by atoms with Crippen LogP contribution in [0.2, 0.25) is 25.7 Å². The first-order chi connectivity index (χ1) is 9.27. The molecule has 1 aliphatic rings. The summed E-state index contributed by atoms with van der Waals surface area (Å²) in [4.78, 5) is 11.7. The molecule has 0 aromatic rings. The highest BCUT2D eigenvalue weighted by molar-refractivity contribution is 6.76. The molecule has 0 spiro atoms. The third-order valence-electron chi connectivity index (χ3n) is 4.10. The molecule has 0 aliphatic heterocycles. The second kappa shape index (κ2) is 7.57. The summed E-state index contributed by atoms with van der Waals surface area (Å²) in [7, 11) is 0.446. The number of methoxy groups -OCH3 is 1. The monoisotopic (exact) mass is 302 g/mol. The van der Waals surface area contributed by atoms with Gasteiger partial charge < -0.3 is 14.2 Å². The summed E-state index contributed by atoms with van der Waals surface area (Å²) in [6.45, 7) is 10.2. The van der Waals surface area contributed by atoms with Gasteiger partial charge in [-0.25, -0.2) is 0 Å². The lowest BCUT2D eigenvalue weighted by molar-refractivity contribution is -0.157. The molecular formula is C15H30O4Si. The molecule has 0 atom stereocenters. The van der Waals surface area contributed by atoms with E-state index >= 15 is 0 Å². The fourth-order valence-electron chi connectivity index (χ4n) is 2.43. The van der Waals surface area contributed by atoms with Gasteiger partial charge in [0.05, 0.1) is 18.6 Å². The Balaban J connectivity index is 2.15. The predicted octanol–water partition coefficient (Wildman–Crippen LogP) is 3.44. The van der Waals surface area contributed by atoms with Crippen molar-refractivity contribution in [2.75, 3.05) is 20.5 Å². The lowest BCUT2D eigenvalue weighted by Crippen LogP contribution is -2.36. The molecule has 0 bridgehead atoms. The molecule has 1 fully saturated rings. The summed E-state index contributed by atoms with van der Waals surface area (Å²) in [5, 5.41) is 0. The van der Waals surface area contributed by atoms with Crippen LogP contribution in [-0.4, -0.2) is 40.7 Å². The van der Waals surface area contributed by atoms with Crippen molar-refractivity contribution in [1.82, 2.24) is 0 Å². The molecule has 0 saturated heterocycles. The van der Waals surface area contributed by atoms with Crippen LogP contribution >= 0.6 is 0 Å². The highest BCUT2D eigenvalue weighted by atomic mass is 28.3. The van der Waals surface area contributed by atoms with Crippen molar-refractivity contribution in [3.8, 4) is 0 Å². The fourth-order valence-corrected chi connectivity index (χ4v) is 3.18. The predicted molar refractivity (Wildman–Crippen MR) is 82.4 cm³/mol. The molecule has 118 valence electrons. The number of hydrogen-bond acceptors (Lipinski definition) is 4. The summed E-state index contributed by atoms with van der Waals surface area (Å²) >= 11 is 0. The maximum absolute atomic E-state index is 11.7. The Bertz CT molecular complexity index is 303. The van der Waals surface area contributed by atoms with Crippen LogP contribution in [0, 0.1) is 5.41 Å². The molecule has 0 aromatic carbocycles. The number of esters is 1. The molecular weight excluding hydrogens is 272 g/mol. The van der Waals surface area contributed by atoms with E-state index in [2.05, 4.69) is 19.6 Å². The van der Waals surface area contributed by atoms with Crippen molar-refractivity contribution in [2.45, 2.75) is 64.4 Å². The van der Waals surface area contributed by atoms with Crippen molar-refractivity contribution < 1.29 is 19.0 Å². The van der Waals surface area contributed by atoms with E-state index in [0.29, 0.717) is 6.79 Å².